The number of hydrogen-bond donors (Lipinski definition) is 1. The minimum absolute atomic E-state index is 0.134. The van der Waals surface area contributed by atoms with E-state index in [1.54, 1.807) is 39.0 Å². The second kappa shape index (κ2) is 12.9. The van der Waals surface area contributed by atoms with E-state index >= 15 is 0 Å². The van der Waals surface area contributed by atoms with Gasteiger partial charge in [-0.1, -0.05) is 50.8 Å². The number of ether oxygens (including phenoxy) is 4. The lowest BCUT2D eigenvalue weighted by Gasteiger charge is -2.47. The number of allylic oxidation sites excluding steroid dienone is 2. The van der Waals surface area contributed by atoms with E-state index in [4.69, 9.17) is 18.9 Å². The van der Waals surface area contributed by atoms with Gasteiger partial charge in [-0.2, -0.15) is 0 Å². The number of Topliss-reactive ketones (excluding diaryl/α,β-unsaturated/α-hetero) is 2. The van der Waals surface area contributed by atoms with Gasteiger partial charge in [-0.15, -0.1) is 0 Å². The molecular formula is C33H40O11. The maximum absolute atomic E-state index is 14.4. The highest BCUT2D eigenvalue weighted by molar-refractivity contribution is 5.96. The fourth-order valence-electron chi connectivity index (χ4n) is 6.15. The highest BCUT2D eigenvalue weighted by Gasteiger charge is 2.75. The van der Waals surface area contributed by atoms with Crippen molar-refractivity contribution in [2.45, 2.75) is 90.8 Å². The highest BCUT2D eigenvalue weighted by atomic mass is 16.6. The normalized spacial score (nSPS) is 32.7. The minimum atomic E-state index is -2.73. The topological polar surface area (TPSA) is 160 Å². The van der Waals surface area contributed by atoms with Crippen molar-refractivity contribution < 1.29 is 52.8 Å². The first-order valence-electron chi connectivity index (χ1n) is 14.4. The summed E-state index contributed by atoms with van der Waals surface area (Å²) in [5.74, 6) is -6.69. The largest absolute Gasteiger partial charge is 0.455 e. The van der Waals surface area contributed by atoms with Crippen molar-refractivity contribution in [3.05, 3.63) is 60.2 Å². The van der Waals surface area contributed by atoms with Crippen LogP contribution in [-0.2, 0) is 42.9 Å². The molecule has 2 aliphatic carbocycles. The predicted octanol–water partition coefficient (Wildman–Crippen LogP) is 3.46. The van der Waals surface area contributed by atoms with Crippen LogP contribution in [0.25, 0.3) is 0 Å². The second-order valence-corrected chi connectivity index (χ2v) is 12.2. The number of ketones is 2. The van der Waals surface area contributed by atoms with Gasteiger partial charge in [0.1, 0.15) is 6.10 Å². The standard InChI is InChI=1S/C33H40O11/c1-18-14-15-31(7,8)27(38)25(41-21(4)34)16-19(2)28(42-22(5)35)33(40)29(43-30(39)24-12-10-9-11-13-24)20(3)17-32(33,26(18)37)44-23(6)36/h9-15,18,20,25,28-29,40H,2,16-17H2,1,3-8H3/b15-14-/t18-,20+,25+,28+,29+,32+,33-/m1/s1. The Morgan fingerprint density at radius 2 is 1.48 bits per heavy atom. The number of benzene rings is 1. The van der Waals surface area contributed by atoms with Gasteiger partial charge in [0.05, 0.1) is 5.56 Å². The number of carbonyl (C=O) groups excluding carboxylic acids is 6. The Kier molecular flexibility index (Phi) is 10.0. The van der Waals surface area contributed by atoms with Crippen molar-refractivity contribution in [1.82, 2.24) is 0 Å². The Bertz CT molecular complexity index is 1380. The summed E-state index contributed by atoms with van der Waals surface area (Å²) in [4.78, 5) is 78.7. The van der Waals surface area contributed by atoms with Crippen LogP contribution in [-0.4, -0.2) is 70.1 Å². The lowest BCUT2D eigenvalue weighted by molar-refractivity contribution is -0.231. The summed E-state index contributed by atoms with van der Waals surface area (Å²) in [6.07, 6.45) is -2.73. The number of aliphatic hydroxyl groups is 1. The molecule has 0 saturated heterocycles. The molecule has 44 heavy (non-hydrogen) atoms. The number of rotatable bonds is 5. The Hall–Kier alpha value is -4.12. The third kappa shape index (κ3) is 6.52. The lowest BCUT2D eigenvalue weighted by Crippen LogP contribution is -2.70. The van der Waals surface area contributed by atoms with E-state index in [-0.39, 0.29) is 17.6 Å². The van der Waals surface area contributed by atoms with E-state index in [2.05, 4.69) is 6.58 Å². The average molecular weight is 613 g/mol. The summed E-state index contributed by atoms with van der Waals surface area (Å²) >= 11 is 0. The number of fused-ring (bicyclic) bond motifs is 1. The van der Waals surface area contributed by atoms with Crippen LogP contribution >= 0.6 is 0 Å². The zero-order valence-electron chi connectivity index (χ0n) is 26.1. The Morgan fingerprint density at radius 3 is 2.02 bits per heavy atom. The molecule has 0 heterocycles. The third-order valence-electron chi connectivity index (χ3n) is 8.12. The Labute approximate surface area is 256 Å². The van der Waals surface area contributed by atoms with E-state index in [9.17, 15) is 33.9 Å². The van der Waals surface area contributed by atoms with Gasteiger partial charge in [-0.05, 0) is 31.6 Å². The van der Waals surface area contributed by atoms with Crippen LogP contribution in [0.5, 0.6) is 0 Å². The number of hydrogen-bond acceptors (Lipinski definition) is 11. The predicted molar refractivity (Wildman–Crippen MR) is 156 cm³/mol. The summed E-state index contributed by atoms with van der Waals surface area (Å²) in [7, 11) is 0. The molecule has 1 N–H and O–H groups in total. The zero-order chi connectivity index (χ0) is 33.2. The summed E-state index contributed by atoms with van der Waals surface area (Å²) in [5.41, 5.74) is -6.39. The van der Waals surface area contributed by atoms with Crippen LogP contribution in [0.3, 0.4) is 0 Å². The molecule has 1 aromatic carbocycles. The van der Waals surface area contributed by atoms with Gasteiger partial charge < -0.3 is 24.1 Å². The van der Waals surface area contributed by atoms with Gasteiger partial charge in [0.25, 0.3) is 0 Å². The molecule has 1 fully saturated rings. The SMILES string of the molecule is C=C1C[C@H](OC(C)=O)C(=O)C(C)(C)/C=C\[C@@H](C)C(=O)[C@@]2(OC(C)=O)C[C@H](C)[C@H](OC(=O)c3ccccc3)[C@]2(O)[C@H]1OC(C)=O. The van der Waals surface area contributed by atoms with E-state index < -0.39 is 88.6 Å². The van der Waals surface area contributed by atoms with Gasteiger partial charge in [0.15, 0.2) is 29.4 Å². The van der Waals surface area contributed by atoms with Gasteiger partial charge in [0, 0.05) is 50.9 Å². The Balaban J connectivity index is 2.37. The Morgan fingerprint density at radius 1 is 0.886 bits per heavy atom. The van der Waals surface area contributed by atoms with Crippen LogP contribution in [0.4, 0.5) is 0 Å². The van der Waals surface area contributed by atoms with Crippen molar-refractivity contribution in [2.75, 3.05) is 0 Å². The summed E-state index contributed by atoms with van der Waals surface area (Å²) in [6, 6.07) is 7.89. The van der Waals surface area contributed by atoms with Gasteiger partial charge in [-0.3, -0.25) is 24.0 Å². The third-order valence-corrected chi connectivity index (χ3v) is 8.12. The van der Waals surface area contributed by atoms with Crippen molar-refractivity contribution in [2.24, 2.45) is 17.3 Å². The first kappa shape index (κ1) is 34.4. The van der Waals surface area contributed by atoms with Gasteiger partial charge in [0.2, 0.25) is 5.60 Å². The van der Waals surface area contributed by atoms with Gasteiger partial charge >= 0.3 is 23.9 Å². The monoisotopic (exact) mass is 612 g/mol. The molecule has 1 saturated carbocycles. The van der Waals surface area contributed by atoms with Crippen LogP contribution < -0.4 is 0 Å². The van der Waals surface area contributed by atoms with E-state index in [0.717, 1.165) is 20.8 Å². The van der Waals surface area contributed by atoms with Crippen LogP contribution in [0, 0.1) is 17.3 Å². The van der Waals surface area contributed by atoms with E-state index in [1.807, 2.05) is 0 Å². The maximum Gasteiger partial charge on any atom is 0.338 e. The molecule has 11 nitrogen and oxygen atoms in total. The lowest BCUT2D eigenvalue weighted by atomic mass is 9.70. The van der Waals surface area contributed by atoms with Crippen LogP contribution in [0.1, 0.15) is 71.7 Å². The molecule has 0 unspecified atom stereocenters. The molecule has 2 aliphatic rings. The zero-order valence-corrected chi connectivity index (χ0v) is 26.1. The van der Waals surface area contributed by atoms with Crippen molar-refractivity contribution in [3.8, 4) is 0 Å². The first-order valence-corrected chi connectivity index (χ1v) is 14.4. The van der Waals surface area contributed by atoms with Crippen molar-refractivity contribution >= 4 is 35.4 Å². The quantitative estimate of drug-likeness (QED) is 0.295. The molecule has 0 aliphatic heterocycles. The molecule has 11 heteroatoms. The first-order chi connectivity index (χ1) is 20.4. The fraction of sp³-hybridized carbons (Fsp3) is 0.515. The van der Waals surface area contributed by atoms with E-state index in [0.29, 0.717) is 0 Å². The smallest absolute Gasteiger partial charge is 0.338 e. The van der Waals surface area contributed by atoms with Crippen molar-refractivity contribution in [1.29, 1.82) is 0 Å². The maximum atomic E-state index is 14.4. The molecule has 7 atom stereocenters. The van der Waals surface area contributed by atoms with Crippen LogP contribution in [0.2, 0.25) is 0 Å². The summed E-state index contributed by atoms with van der Waals surface area (Å²) in [6.45, 7) is 13.4. The minimum Gasteiger partial charge on any atom is -0.455 e. The molecule has 3 rings (SSSR count). The van der Waals surface area contributed by atoms with Gasteiger partial charge in [-0.25, -0.2) is 4.79 Å². The molecule has 0 spiro atoms. The molecular weight excluding hydrogens is 572 g/mol. The average Bonchev–Trinajstić information content (AvgIpc) is 3.14. The summed E-state index contributed by atoms with van der Waals surface area (Å²) in [5, 5.41) is 12.9. The molecule has 238 valence electrons. The van der Waals surface area contributed by atoms with Crippen molar-refractivity contribution in [3.63, 3.8) is 0 Å². The molecule has 0 aromatic heterocycles. The molecule has 1 aromatic rings. The summed E-state index contributed by atoms with van der Waals surface area (Å²) < 4.78 is 22.6. The number of esters is 4. The molecule has 0 radical (unpaired) electrons. The van der Waals surface area contributed by atoms with Crippen LogP contribution in [0.15, 0.2) is 54.6 Å². The second-order valence-electron chi connectivity index (χ2n) is 12.2. The fourth-order valence-corrected chi connectivity index (χ4v) is 6.15. The highest BCUT2D eigenvalue weighted by Crippen LogP contribution is 2.53. The molecule has 0 bridgehead atoms. The molecule has 0 amide bonds. The van der Waals surface area contributed by atoms with E-state index in [1.165, 1.54) is 31.2 Å². The number of carbonyl (C=O) groups is 6.